The van der Waals surface area contributed by atoms with Crippen molar-refractivity contribution in [2.45, 2.75) is 18.4 Å². The van der Waals surface area contributed by atoms with Crippen molar-refractivity contribution in [3.8, 4) is 0 Å². The van der Waals surface area contributed by atoms with E-state index in [1.165, 1.54) is 4.90 Å². The molecule has 28 heavy (non-hydrogen) atoms. The maximum Gasteiger partial charge on any atom is 0.339 e. The van der Waals surface area contributed by atoms with Crippen molar-refractivity contribution in [1.82, 2.24) is 4.90 Å². The number of hydrogen-bond acceptors (Lipinski definition) is 5. The number of ether oxygens (including phenoxy) is 1. The van der Waals surface area contributed by atoms with Gasteiger partial charge in [0.05, 0.1) is 21.3 Å². The van der Waals surface area contributed by atoms with Crippen molar-refractivity contribution in [3.05, 3.63) is 59.7 Å². The lowest BCUT2D eigenvalue weighted by atomic mass is 10.2. The van der Waals surface area contributed by atoms with Crippen molar-refractivity contribution in [1.29, 1.82) is 0 Å². The quantitative estimate of drug-likeness (QED) is 0.635. The molecule has 0 aliphatic rings. The van der Waals surface area contributed by atoms with Crippen molar-refractivity contribution in [2.24, 2.45) is 0 Å². The average Bonchev–Trinajstić information content (AvgIpc) is 2.71. The monoisotopic (exact) mass is 402 g/mol. The maximum absolute atomic E-state index is 12.3. The van der Waals surface area contributed by atoms with Crippen LogP contribution >= 0.6 is 0 Å². The normalized spacial score (nSPS) is 11.6. The summed E-state index contributed by atoms with van der Waals surface area (Å²) in [5.41, 5.74) is 2.30. The molecule has 0 aliphatic heterocycles. The van der Waals surface area contributed by atoms with Crippen molar-refractivity contribution in [2.75, 3.05) is 38.4 Å². The zero-order valence-electron chi connectivity index (χ0n) is 16.7. The van der Waals surface area contributed by atoms with Crippen LogP contribution in [0.25, 0.3) is 0 Å². The minimum absolute atomic E-state index is 0.234. The standard InChI is InChI=1S/C21H26N2O4S/c1-5-28(26)19-9-7-6-8-18(19)21(25)27-15-20(24)23(4)14-16-10-12-17(13-11-16)22(2)3/h6-13H,5,14-15H2,1-4H3/t28-/m0/s1. The molecule has 2 rings (SSSR count). The van der Waals surface area contributed by atoms with Crippen LogP contribution in [0.15, 0.2) is 53.4 Å². The van der Waals surface area contributed by atoms with E-state index in [1.54, 1.807) is 38.2 Å². The van der Waals surface area contributed by atoms with E-state index in [2.05, 4.69) is 0 Å². The van der Waals surface area contributed by atoms with Crippen LogP contribution in [-0.2, 0) is 26.9 Å². The third-order valence-corrected chi connectivity index (χ3v) is 5.61. The van der Waals surface area contributed by atoms with E-state index in [4.69, 9.17) is 4.74 Å². The van der Waals surface area contributed by atoms with Crippen LogP contribution in [0.3, 0.4) is 0 Å². The van der Waals surface area contributed by atoms with E-state index in [9.17, 15) is 13.8 Å². The summed E-state index contributed by atoms with van der Waals surface area (Å²) in [6.07, 6.45) is 0. The highest BCUT2D eigenvalue weighted by molar-refractivity contribution is 7.85. The van der Waals surface area contributed by atoms with E-state index in [-0.39, 0.29) is 18.1 Å². The Bertz CT molecular complexity index is 850. The minimum atomic E-state index is -1.28. The fraction of sp³-hybridized carbons (Fsp3) is 0.333. The number of esters is 1. The van der Waals surface area contributed by atoms with Gasteiger partial charge in [-0.25, -0.2) is 4.79 Å². The van der Waals surface area contributed by atoms with Crippen LogP contribution < -0.4 is 4.90 Å². The largest absolute Gasteiger partial charge is 0.452 e. The number of likely N-dealkylation sites (N-methyl/N-ethyl adjacent to an activating group) is 1. The fourth-order valence-electron chi connectivity index (χ4n) is 2.57. The predicted molar refractivity (Wildman–Crippen MR) is 111 cm³/mol. The van der Waals surface area contributed by atoms with Gasteiger partial charge >= 0.3 is 5.97 Å². The van der Waals surface area contributed by atoms with E-state index < -0.39 is 16.8 Å². The molecule has 0 aromatic heterocycles. The lowest BCUT2D eigenvalue weighted by molar-refractivity contribution is -0.133. The number of nitrogens with zero attached hydrogens (tertiary/aromatic N) is 2. The van der Waals surface area contributed by atoms with Gasteiger partial charge in [-0.15, -0.1) is 0 Å². The molecule has 0 unspecified atom stereocenters. The fourth-order valence-corrected chi connectivity index (χ4v) is 3.50. The number of rotatable bonds is 8. The highest BCUT2D eigenvalue weighted by Crippen LogP contribution is 2.16. The van der Waals surface area contributed by atoms with Gasteiger partial charge in [0.2, 0.25) is 0 Å². The highest BCUT2D eigenvalue weighted by atomic mass is 32.2. The molecule has 0 saturated heterocycles. The van der Waals surface area contributed by atoms with Crippen LogP contribution in [-0.4, -0.2) is 54.5 Å². The molecule has 7 heteroatoms. The molecule has 1 amide bonds. The topological polar surface area (TPSA) is 66.9 Å². The molecule has 0 N–H and O–H groups in total. The van der Waals surface area contributed by atoms with Gasteiger partial charge in [-0.1, -0.05) is 31.2 Å². The number of carbonyl (C=O) groups is 2. The molecule has 0 radical (unpaired) electrons. The second-order valence-corrected chi connectivity index (χ2v) is 8.23. The summed E-state index contributed by atoms with van der Waals surface area (Å²) in [5, 5.41) is 0. The van der Waals surface area contributed by atoms with Gasteiger partial charge in [-0.3, -0.25) is 9.00 Å². The number of amides is 1. The first-order chi connectivity index (χ1) is 13.3. The summed E-state index contributed by atoms with van der Waals surface area (Å²) in [6, 6.07) is 14.5. The zero-order valence-corrected chi connectivity index (χ0v) is 17.5. The Morgan fingerprint density at radius 2 is 1.64 bits per heavy atom. The first-order valence-electron chi connectivity index (χ1n) is 8.98. The second kappa shape index (κ2) is 10.0. The molecular formula is C21H26N2O4S. The Hall–Kier alpha value is -2.67. The molecule has 2 aromatic carbocycles. The van der Waals surface area contributed by atoms with E-state index >= 15 is 0 Å². The molecule has 150 valence electrons. The van der Waals surface area contributed by atoms with E-state index in [1.807, 2.05) is 43.3 Å². The molecule has 0 fully saturated rings. The van der Waals surface area contributed by atoms with Crippen LogP contribution in [0.4, 0.5) is 5.69 Å². The molecule has 0 aliphatic carbocycles. The Morgan fingerprint density at radius 3 is 2.25 bits per heavy atom. The number of carbonyl (C=O) groups excluding carboxylic acids is 2. The summed E-state index contributed by atoms with van der Waals surface area (Å²) in [4.78, 5) is 28.6. The summed E-state index contributed by atoms with van der Waals surface area (Å²) < 4.78 is 17.2. The van der Waals surface area contributed by atoms with E-state index in [0.717, 1.165) is 11.3 Å². The average molecular weight is 403 g/mol. The van der Waals surface area contributed by atoms with Gasteiger partial charge in [-0.2, -0.15) is 0 Å². The summed E-state index contributed by atoms with van der Waals surface area (Å²) in [6.45, 7) is 1.83. The van der Waals surface area contributed by atoms with Crippen LogP contribution in [0.2, 0.25) is 0 Å². The minimum Gasteiger partial charge on any atom is -0.452 e. The van der Waals surface area contributed by atoms with Gasteiger partial charge < -0.3 is 14.5 Å². The summed E-state index contributed by atoms with van der Waals surface area (Å²) in [7, 11) is 4.32. The molecule has 0 saturated carbocycles. The Labute approximate surface area is 168 Å². The SMILES string of the molecule is CC[S@](=O)c1ccccc1C(=O)OCC(=O)N(C)Cc1ccc(N(C)C)cc1. The number of anilines is 1. The second-order valence-electron chi connectivity index (χ2n) is 6.52. The van der Waals surface area contributed by atoms with Gasteiger partial charge in [0.1, 0.15) is 0 Å². The van der Waals surface area contributed by atoms with Gasteiger partial charge in [0, 0.05) is 39.1 Å². The maximum atomic E-state index is 12.3. The van der Waals surface area contributed by atoms with Crippen LogP contribution in [0, 0.1) is 0 Å². The van der Waals surface area contributed by atoms with E-state index in [0.29, 0.717) is 17.2 Å². The highest BCUT2D eigenvalue weighted by Gasteiger charge is 2.18. The molecule has 0 bridgehead atoms. The third-order valence-electron chi connectivity index (χ3n) is 4.24. The number of benzene rings is 2. The smallest absolute Gasteiger partial charge is 0.339 e. The lowest BCUT2D eigenvalue weighted by Gasteiger charge is -2.18. The zero-order chi connectivity index (χ0) is 20.7. The molecule has 0 heterocycles. The summed E-state index contributed by atoms with van der Waals surface area (Å²) in [5.74, 6) is -0.549. The molecule has 6 nitrogen and oxygen atoms in total. The predicted octanol–water partition coefficient (Wildman–Crippen LogP) is 2.70. The van der Waals surface area contributed by atoms with Gasteiger partial charge in [0.15, 0.2) is 6.61 Å². The van der Waals surface area contributed by atoms with Gasteiger partial charge in [0.25, 0.3) is 5.91 Å². The van der Waals surface area contributed by atoms with Crippen molar-refractivity contribution < 1.29 is 18.5 Å². The molecule has 1 atom stereocenters. The summed E-state index contributed by atoms with van der Waals surface area (Å²) >= 11 is 0. The van der Waals surface area contributed by atoms with Crippen LogP contribution in [0.1, 0.15) is 22.8 Å². The molecular weight excluding hydrogens is 376 g/mol. The molecule has 2 aromatic rings. The first kappa shape index (κ1) is 21.6. The lowest BCUT2D eigenvalue weighted by Crippen LogP contribution is -2.31. The Morgan fingerprint density at radius 1 is 1.00 bits per heavy atom. The Balaban J connectivity index is 1.94. The van der Waals surface area contributed by atoms with Crippen molar-refractivity contribution in [3.63, 3.8) is 0 Å². The molecule has 0 spiro atoms. The van der Waals surface area contributed by atoms with Gasteiger partial charge in [-0.05, 0) is 29.8 Å². The third kappa shape index (κ3) is 5.66. The van der Waals surface area contributed by atoms with Crippen molar-refractivity contribution >= 4 is 28.4 Å². The Kier molecular flexibility index (Phi) is 7.75. The number of hydrogen-bond donors (Lipinski definition) is 0. The first-order valence-corrected chi connectivity index (χ1v) is 10.3. The van der Waals surface area contributed by atoms with Crippen LogP contribution in [0.5, 0.6) is 0 Å².